The second-order valence-corrected chi connectivity index (χ2v) is 16.4. The van der Waals surface area contributed by atoms with Crippen molar-refractivity contribution in [3.8, 4) is 23.0 Å². The molecule has 0 amide bonds. The molecule has 0 aliphatic heterocycles. The van der Waals surface area contributed by atoms with Crippen LogP contribution in [0.5, 0.6) is 23.0 Å². The fourth-order valence-electron chi connectivity index (χ4n) is 7.11. The third kappa shape index (κ3) is 19.2. The summed E-state index contributed by atoms with van der Waals surface area (Å²) in [4.78, 5) is 34.8. The van der Waals surface area contributed by atoms with Crippen molar-refractivity contribution in [2.24, 2.45) is 9.98 Å². The first kappa shape index (κ1) is 49.0. The Morgan fingerprint density at radius 2 is 0.734 bits per heavy atom. The zero-order valence-electron chi connectivity index (χ0n) is 38.2. The van der Waals surface area contributed by atoms with Gasteiger partial charge in [0.15, 0.2) is 0 Å². The highest BCUT2D eigenvalue weighted by molar-refractivity contribution is 5.92. The Hall–Kier alpha value is -6.02. The molecule has 5 aromatic carbocycles. The van der Waals surface area contributed by atoms with E-state index in [4.69, 9.17) is 18.9 Å². The maximum absolute atomic E-state index is 12.8. The Morgan fingerprint density at radius 3 is 1.09 bits per heavy atom. The first-order chi connectivity index (χ1) is 31.5. The number of hydrogen-bond acceptors (Lipinski definition) is 8. The van der Waals surface area contributed by atoms with E-state index in [1.54, 1.807) is 61.0 Å². The molecule has 0 heterocycles. The van der Waals surface area contributed by atoms with Crippen LogP contribution in [-0.4, -0.2) is 37.6 Å². The van der Waals surface area contributed by atoms with Crippen LogP contribution in [0.15, 0.2) is 131 Å². The van der Waals surface area contributed by atoms with Gasteiger partial charge in [-0.05, 0) is 139 Å². The molecular formula is C56H68N2O6. The zero-order chi connectivity index (χ0) is 44.9. The highest BCUT2D eigenvalue weighted by Gasteiger charge is 2.11. The minimum Gasteiger partial charge on any atom is -0.494 e. The third-order valence-corrected chi connectivity index (χ3v) is 10.9. The molecule has 0 saturated carbocycles. The molecule has 0 spiro atoms. The van der Waals surface area contributed by atoms with Crippen LogP contribution in [0.25, 0.3) is 0 Å². The molecule has 0 radical (unpaired) electrons. The van der Waals surface area contributed by atoms with Gasteiger partial charge in [0.05, 0.1) is 35.7 Å². The summed E-state index contributed by atoms with van der Waals surface area (Å²) < 4.78 is 23.0. The van der Waals surface area contributed by atoms with Crippen LogP contribution in [0.2, 0.25) is 0 Å². The summed E-state index contributed by atoms with van der Waals surface area (Å²) in [5.41, 5.74) is 4.12. The SMILES string of the molecule is CCCCCCCCCCCOc1ccc(C(=O)Oc2ccc(C=Nc3cccc(N=Cc4ccc(OC(=O)c5ccc(OCCCCCCCCCCC)cc5)cc4)c3)cc2)cc1. The van der Waals surface area contributed by atoms with Gasteiger partial charge in [0, 0.05) is 12.4 Å². The Balaban J connectivity index is 0.984. The van der Waals surface area contributed by atoms with Gasteiger partial charge in [-0.1, -0.05) is 123 Å². The van der Waals surface area contributed by atoms with E-state index in [9.17, 15) is 9.59 Å². The van der Waals surface area contributed by atoms with Crippen molar-refractivity contribution in [3.05, 3.63) is 144 Å². The van der Waals surface area contributed by atoms with E-state index in [0.29, 0.717) is 35.8 Å². The molecule has 0 aliphatic carbocycles. The summed E-state index contributed by atoms with van der Waals surface area (Å²) in [7, 11) is 0. The number of esters is 2. The summed E-state index contributed by atoms with van der Waals surface area (Å²) in [6.07, 6.45) is 26.4. The highest BCUT2D eigenvalue weighted by Crippen LogP contribution is 2.23. The first-order valence-electron chi connectivity index (χ1n) is 23.8. The van der Waals surface area contributed by atoms with E-state index in [1.807, 2.05) is 72.8 Å². The van der Waals surface area contributed by atoms with E-state index < -0.39 is 11.9 Å². The van der Waals surface area contributed by atoms with Gasteiger partial charge < -0.3 is 18.9 Å². The van der Waals surface area contributed by atoms with Crippen molar-refractivity contribution < 1.29 is 28.5 Å². The lowest BCUT2D eigenvalue weighted by Gasteiger charge is -2.08. The minimum atomic E-state index is -0.425. The van der Waals surface area contributed by atoms with Crippen LogP contribution in [0.4, 0.5) is 11.4 Å². The van der Waals surface area contributed by atoms with Crippen LogP contribution in [0.1, 0.15) is 161 Å². The smallest absolute Gasteiger partial charge is 0.343 e. The normalized spacial score (nSPS) is 11.3. The molecule has 64 heavy (non-hydrogen) atoms. The van der Waals surface area contributed by atoms with Crippen molar-refractivity contribution >= 4 is 35.7 Å². The predicted octanol–water partition coefficient (Wildman–Crippen LogP) is 15.4. The summed E-state index contributed by atoms with van der Waals surface area (Å²) in [6.45, 7) is 5.86. The number of rotatable bonds is 30. The number of carbonyl (C=O) groups is 2. The molecule has 5 rings (SSSR count). The molecular weight excluding hydrogens is 797 g/mol. The second kappa shape index (κ2) is 29.4. The number of aliphatic imine (C=N–C) groups is 2. The van der Waals surface area contributed by atoms with Crippen LogP contribution < -0.4 is 18.9 Å². The molecule has 0 saturated heterocycles. The van der Waals surface area contributed by atoms with E-state index in [1.165, 1.54) is 103 Å². The average molecular weight is 865 g/mol. The van der Waals surface area contributed by atoms with Crippen molar-refractivity contribution in [2.75, 3.05) is 13.2 Å². The third-order valence-electron chi connectivity index (χ3n) is 10.9. The lowest BCUT2D eigenvalue weighted by Crippen LogP contribution is -2.08. The topological polar surface area (TPSA) is 95.8 Å². The van der Waals surface area contributed by atoms with Crippen molar-refractivity contribution in [2.45, 2.75) is 129 Å². The monoisotopic (exact) mass is 865 g/mol. The lowest BCUT2D eigenvalue weighted by atomic mass is 10.1. The van der Waals surface area contributed by atoms with Gasteiger partial charge in [-0.25, -0.2) is 9.59 Å². The van der Waals surface area contributed by atoms with E-state index in [0.717, 1.165) is 46.8 Å². The van der Waals surface area contributed by atoms with Gasteiger partial charge in [-0.3, -0.25) is 9.98 Å². The molecule has 0 fully saturated rings. The molecule has 0 N–H and O–H groups in total. The fourth-order valence-corrected chi connectivity index (χ4v) is 7.11. The molecule has 0 aliphatic rings. The first-order valence-corrected chi connectivity index (χ1v) is 23.8. The number of ether oxygens (including phenoxy) is 4. The fraction of sp³-hybridized carbons (Fsp3) is 0.393. The Bertz CT molecular complexity index is 1980. The Labute approximate surface area is 382 Å². The van der Waals surface area contributed by atoms with Crippen molar-refractivity contribution in [1.29, 1.82) is 0 Å². The molecule has 5 aromatic rings. The minimum absolute atomic E-state index is 0.425. The number of carbonyl (C=O) groups excluding carboxylic acids is 2. The largest absolute Gasteiger partial charge is 0.494 e. The van der Waals surface area contributed by atoms with Crippen LogP contribution in [-0.2, 0) is 0 Å². The summed E-state index contributed by atoms with van der Waals surface area (Å²) >= 11 is 0. The van der Waals surface area contributed by atoms with Gasteiger partial charge >= 0.3 is 11.9 Å². The maximum Gasteiger partial charge on any atom is 0.343 e. The van der Waals surface area contributed by atoms with Gasteiger partial charge in [0.25, 0.3) is 0 Å². The number of nitrogens with zero attached hydrogens (tertiary/aromatic N) is 2. The Morgan fingerprint density at radius 1 is 0.406 bits per heavy atom. The standard InChI is InChI=1S/C56H68N2O6/c1-3-5-7-9-11-13-15-17-19-40-61-51-36-28-47(29-37-51)55(59)63-53-32-24-45(25-33-53)43-57-49-22-21-23-50(42-49)58-44-46-26-34-54(35-27-46)64-56(60)48-30-38-52(39-31-48)62-41-20-18-16-14-12-10-8-6-4-2/h21-39,42-44H,3-20,40-41H2,1-2H3. The summed E-state index contributed by atoms with van der Waals surface area (Å²) in [5, 5.41) is 0. The highest BCUT2D eigenvalue weighted by atomic mass is 16.5. The Kier molecular flexibility index (Phi) is 22.5. The van der Waals surface area contributed by atoms with Gasteiger partial charge in [-0.2, -0.15) is 0 Å². The van der Waals surface area contributed by atoms with Crippen LogP contribution >= 0.6 is 0 Å². The van der Waals surface area contributed by atoms with Gasteiger partial charge in [0.2, 0.25) is 0 Å². The molecule has 8 heteroatoms. The lowest BCUT2D eigenvalue weighted by molar-refractivity contribution is 0.0725. The number of benzene rings is 5. The van der Waals surface area contributed by atoms with E-state index in [2.05, 4.69) is 23.8 Å². The van der Waals surface area contributed by atoms with Crippen molar-refractivity contribution in [3.63, 3.8) is 0 Å². The molecule has 338 valence electrons. The van der Waals surface area contributed by atoms with Crippen LogP contribution in [0, 0.1) is 0 Å². The zero-order valence-corrected chi connectivity index (χ0v) is 38.2. The molecule has 0 atom stereocenters. The second-order valence-electron chi connectivity index (χ2n) is 16.4. The van der Waals surface area contributed by atoms with Gasteiger partial charge in [0.1, 0.15) is 23.0 Å². The number of hydrogen-bond donors (Lipinski definition) is 0. The van der Waals surface area contributed by atoms with Crippen LogP contribution in [0.3, 0.4) is 0 Å². The average Bonchev–Trinajstić information content (AvgIpc) is 3.33. The predicted molar refractivity (Wildman–Crippen MR) is 262 cm³/mol. The maximum atomic E-state index is 12.8. The molecule has 0 unspecified atom stereocenters. The summed E-state index contributed by atoms with van der Waals surface area (Å²) in [5.74, 6) is 1.56. The van der Waals surface area contributed by atoms with E-state index in [-0.39, 0.29) is 0 Å². The number of unbranched alkanes of at least 4 members (excludes halogenated alkanes) is 16. The molecule has 8 nitrogen and oxygen atoms in total. The van der Waals surface area contributed by atoms with Gasteiger partial charge in [-0.15, -0.1) is 0 Å². The quantitative estimate of drug-likeness (QED) is 0.0197. The molecule has 0 bridgehead atoms. The molecule has 0 aromatic heterocycles. The summed E-state index contributed by atoms with van der Waals surface area (Å²) in [6, 6.07) is 36.2. The van der Waals surface area contributed by atoms with E-state index >= 15 is 0 Å². The van der Waals surface area contributed by atoms with Crippen molar-refractivity contribution in [1.82, 2.24) is 0 Å².